The van der Waals surface area contributed by atoms with E-state index in [4.69, 9.17) is 0 Å². The highest BCUT2D eigenvalue weighted by Gasteiger charge is 2.16. The number of hydrogen-bond donors (Lipinski definition) is 1. The quantitative estimate of drug-likeness (QED) is 0.282. The average Bonchev–Trinajstić information content (AvgIpc) is 3.43. The zero-order valence-corrected chi connectivity index (χ0v) is 21.4. The monoisotopic (exact) mass is 533 g/mol. The first-order valence-corrected chi connectivity index (χ1v) is 12.9. The number of nitrogens with zero attached hydrogens (tertiary/aromatic N) is 4. The van der Waals surface area contributed by atoms with Crippen molar-refractivity contribution in [3.63, 3.8) is 0 Å². The van der Waals surface area contributed by atoms with Crippen LogP contribution in [0.3, 0.4) is 0 Å². The van der Waals surface area contributed by atoms with Crippen LogP contribution < -0.4 is 10.9 Å². The highest BCUT2D eigenvalue weighted by Crippen LogP contribution is 2.36. The number of anilines is 1. The van der Waals surface area contributed by atoms with Gasteiger partial charge in [-0.3, -0.25) is 9.59 Å². The van der Waals surface area contributed by atoms with E-state index < -0.39 is 17.3 Å². The van der Waals surface area contributed by atoms with Gasteiger partial charge in [-0.25, -0.2) is 14.4 Å². The molecule has 0 bridgehead atoms. The molecule has 0 radical (unpaired) electrons. The SMILES string of the molecule is Cc1cc(=O)n(-c2cccc(F)c2)nc1C(=O)Nc1ccc(-c2ccccc2-c2ncnc3ccsc23)cc1. The predicted molar refractivity (Wildman–Crippen MR) is 151 cm³/mol. The second kappa shape index (κ2) is 10.0. The number of fused-ring (bicyclic) bond motifs is 1. The summed E-state index contributed by atoms with van der Waals surface area (Å²) in [5.41, 5.74) is 5.56. The summed E-state index contributed by atoms with van der Waals surface area (Å²) in [5, 5.41) is 9.07. The number of aromatic nitrogens is 4. The molecule has 3 aromatic carbocycles. The molecule has 190 valence electrons. The predicted octanol–water partition coefficient (Wildman–Crippen LogP) is 6.27. The van der Waals surface area contributed by atoms with E-state index in [0.717, 1.165) is 37.3 Å². The van der Waals surface area contributed by atoms with Gasteiger partial charge in [0, 0.05) is 17.3 Å². The van der Waals surface area contributed by atoms with Crippen LogP contribution in [0.4, 0.5) is 10.1 Å². The smallest absolute Gasteiger partial charge is 0.276 e. The molecular weight excluding hydrogens is 513 g/mol. The number of carbonyl (C=O) groups is 1. The lowest BCUT2D eigenvalue weighted by molar-refractivity contribution is 0.102. The molecule has 0 aliphatic heterocycles. The van der Waals surface area contributed by atoms with Crippen LogP contribution in [0.15, 0.2) is 101 Å². The molecule has 9 heteroatoms. The lowest BCUT2D eigenvalue weighted by Crippen LogP contribution is -2.26. The molecule has 3 aromatic heterocycles. The highest BCUT2D eigenvalue weighted by atomic mass is 32.1. The van der Waals surface area contributed by atoms with Gasteiger partial charge in [0.05, 0.1) is 21.6 Å². The number of benzene rings is 3. The number of halogens is 1. The van der Waals surface area contributed by atoms with Crippen LogP contribution in [0.1, 0.15) is 16.1 Å². The van der Waals surface area contributed by atoms with Gasteiger partial charge in [-0.15, -0.1) is 11.3 Å². The molecule has 0 aliphatic carbocycles. The van der Waals surface area contributed by atoms with E-state index in [9.17, 15) is 14.0 Å². The van der Waals surface area contributed by atoms with Crippen LogP contribution in [0.2, 0.25) is 0 Å². The Morgan fingerprint density at radius 1 is 0.923 bits per heavy atom. The minimum absolute atomic E-state index is 0.0667. The van der Waals surface area contributed by atoms with Gasteiger partial charge in [0.25, 0.3) is 11.5 Å². The fourth-order valence-electron chi connectivity index (χ4n) is 4.41. The van der Waals surface area contributed by atoms with E-state index in [2.05, 4.69) is 20.4 Å². The molecule has 0 saturated carbocycles. The van der Waals surface area contributed by atoms with E-state index in [-0.39, 0.29) is 11.4 Å². The molecule has 3 heterocycles. The Balaban J connectivity index is 1.29. The van der Waals surface area contributed by atoms with Crippen LogP contribution in [0.5, 0.6) is 0 Å². The molecule has 39 heavy (non-hydrogen) atoms. The summed E-state index contributed by atoms with van der Waals surface area (Å²) in [6, 6.07) is 24.3. The first kappa shape index (κ1) is 24.3. The maximum absolute atomic E-state index is 13.7. The first-order valence-electron chi connectivity index (χ1n) is 12.0. The summed E-state index contributed by atoms with van der Waals surface area (Å²) in [6.07, 6.45) is 1.58. The van der Waals surface area contributed by atoms with Crippen molar-refractivity contribution in [2.45, 2.75) is 6.92 Å². The van der Waals surface area contributed by atoms with Crippen LogP contribution in [-0.4, -0.2) is 25.7 Å². The lowest BCUT2D eigenvalue weighted by Gasteiger charge is -2.12. The fourth-order valence-corrected chi connectivity index (χ4v) is 5.25. The van der Waals surface area contributed by atoms with Crippen molar-refractivity contribution < 1.29 is 9.18 Å². The van der Waals surface area contributed by atoms with Crippen molar-refractivity contribution in [3.05, 3.63) is 124 Å². The fraction of sp³-hybridized carbons (Fsp3) is 0.0333. The topological polar surface area (TPSA) is 89.8 Å². The first-order chi connectivity index (χ1) is 19.0. The highest BCUT2D eigenvalue weighted by molar-refractivity contribution is 7.17. The van der Waals surface area contributed by atoms with Gasteiger partial charge in [-0.2, -0.15) is 9.78 Å². The summed E-state index contributed by atoms with van der Waals surface area (Å²) in [7, 11) is 0. The molecule has 0 saturated heterocycles. The largest absolute Gasteiger partial charge is 0.321 e. The van der Waals surface area contributed by atoms with E-state index >= 15 is 0 Å². The number of amides is 1. The average molecular weight is 534 g/mol. The third kappa shape index (κ3) is 4.71. The molecule has 0 atom stereocenters. The van der Waals surface area contributed by atoms with E-state index in [0.29, 0.717) is 11.3 Å². The second-order valence-electron chi connectivity index (χ2n) is 8.84. The summed E-state index contributed by atoms with van der Waals surface area (Å²) in [5.74, 6) is -0.985. The van der Waals surface area contributed by atoms with Crippen LogP contribution in [0.25, 0.3) is 38.3 Å². The Kier molecular flexibility index (Phi) is 6.26. The normalized spacial score (nSPS) is 11.0. The molecule has 0 aliphatic rings. The number of nitrogens with one attached hydrogen (secondary N) is 1. The minimum Gasteiger partial charge on any atom is -0.321 e. The van der Waals surface area contributed by atoms with Crippen molar-refractivity contribution in [2.75, 3.05) is 5.32 Å². The molecule has 6 aromatic rings. The maximum atomic E-state index is 13.7. The maximum Gasteiger partial charge on any atom is 0.276 e. The number of hydrogen-bond acceptors (Lipinski definition) is 6. The van der Waals surface area contributed by atoms with Gasteiger partial charge >= 0.3 is 0 Å². The number of rotatable bonds is 5. The molecule has 0 fully saturated rings. The van der Waals surface area contributed by atoms with E-state index in [1.807, 2.05) is 60.0 Å². The molecule has 1 N–H and O–H groups in total. The zero-order valence-electron chi connectivity index (χ0n) is 20.6. The molecule has 1 amide bonds. The van der Waals surface area contributed by atoms with Gasteiger partial charge in [0.2, 0.25) is 0 Å². The van der Waals surface area contributed by atoms with Gasteiger partial charge < -0.3 is 5.32 Å². The molecule has 0 spiro atoms. The van der Waals surface area contributed by atoms with Crippen LogP contribution in [-0.2, 0) is 0 Å². The third-order valence-electron chi connectivity index (χ3n) is 6.27. The molecule has 6 rings (SSSR count). The summed E-state index contributed by atoms with van der Waals surface area (Å²) < 4.78 is 15.8. The molecule has 7 nitrogen and oxygen atoms in total. The summed E-state index contributed by atoms with van der Waals surface area (Å²) >= 11 is 1.60. The number of carbonyl (C=O) groups excluding carboxylic acids is 1. The Hall–Kier alpha value is -5.02. The van der Waals surface area contributed by atoms with Gasteiger partial charge in [0.1, 0.15) is 12.1 Å². The second-order valence-corrected chi connectivity index (χ2v) is 9.76. The Morgan fingerprint density at radius 2 is 1.72 bits per heavy atom. The van der Waals surface area contributed by atoms with E-state index in [1.165, 1.54) is 24.3 Å². The zero-order chi connectivity index (χ0) is 26.9. The molecule has 0 unspecified atom stereocenters. The Morgan fingerprint density at radius 3 is 2.51 bits per heavy atom. The third-order valence-corrected chi connectivity index (χ3v) is 7.18. The van der Waals surface area contributed by atoms with Crippen molar-refractivity contribution in [3.8, 4) is 28.1 Å². The standard InChI is InChI=1S/C30H20FN5O2S/c1-18-15-26(37)36(22-6-4-5-20(31)16-22)35-27(18)30(38)34-21-11-9-19(10-12-21)23-7-2-3-8-24(23)28-29-25(13-14-39-29)32-17-33-28/h2-17H,1H3,(H,34,38). The van der Waals surface area contributed by atoms with Crippen LogP contribution >= 0.6 is 11.3 Å². The summed E-state index contributed by atoms with van der Waals surface area (Å²) in [4.78, 5) is 34.5. The lowest BCUT2D eigenvalue weighted by atomic mass is 9.97. The Bertz CT molecular complexity index is 1910. The van der Waals surface area contributed by atoms with Gasteiger partial charge in [0.15, 0.2) is 5.69 Å². The number of aryl methyl sites for hydroxylation is 1. The molecular formula is C30H20FN5O2S. The van der Waals surface area contributed by atoms with Crippen molar-refractivity contribution in [1.82, 2.24) is 19.7 Å². The van der Waals surface area contributed by atoms with Gasteiger partial charge in [-0.05, 0) is 65.4 Å². The number of thiophene rings is 1. The summed E-state index contributed by atoms with van der Waals surface area (Å²) in [6.45, 7) is 1.64. The van der Waals surface area contributed by atoms with Crippen molar-refractivity contribution in [2.24, 2.45) is 0 Å². The van der Waals surface area contributed by atoms with Crippen molar-refractivity contribution >= 4 is 33.1 Å². The van der Waals surface area contributed by atoms with Crippen molar-refractivity contribution in [1.29, 1.82) is 0 Å². The Labute approximate surface area is 226 Å². The minimum atomic E-state index is -0.506. The van der Waals surface area contributed by atoms with Crippen LogP contribution in [0, 0.1) is 12.7 Å². The van der Waals surface area contributed by atoms with Gasteiger partial charge in [-0.1, -0.05) is 42.5 Å². The van der Waals surface area contributed by atoms with E-state index in [1.54, 1.807) is 30.7 Å².